The van der Waals surface area contributed by atoms with E-state index in [4.69, 9.17) is 4.74 Å². The molecule has 182 valence electrons. The van der Waals surface area contributed by atoms with Crippen LogP contribution in [-0.4, -0.2) is 47.6 Å². The average Bonchev–Trinajstić information content (AvgIpc) is 2.94. The van der Waals surface area contributed by atoms with Crippen LogP contribution >= 0.6 is 11.9 Å². The fourth-order valence-electron chi connectivity index (χ4n) is 4.82. The van der Waals surface area contributed by atoms with Crippen molar-refractivity contribution in [2.75, 3.05) is 36.4 Å². The van der Waals surface area contributed by atoms with Crippen LogP contribution in [0.5, 0.6) is 5.88 Å². The van der Waals surface area contributed by atoms with Crippen LogP contribution < -0.4 is 19.7 Å². The number of carbonyl (C=O) groups excluding carboxylic acids is 1. The predicted octanol–water partition coefficient (Wildman–Crippen LogP) is 4.78. The Bertz CT molecular complexity index is 1440. The largest absolute Gasteiger partial charge is 0.480 e. The zero-order chi connectivity index (χ0) is 24.5. The van der Waals surface area contributed by atoms with Gasteiger partial charge in [0.05, 0.1) is 12.6 Å². The first kappa shape index (κ1) is 22.6. The lowest BCUT2D eigenvalue weighted by Crippen LogP contribution is -2.39. The minimum atomic E-state index is -0.0485. The SMILES string of the molecule is COc1ncc2cc1NSc1cccc(c1)C(=O)NCC1CCN(CC1)c1ncnc3ccc-2cc13. The van der Waals surface area contributed by atoms with Gasteiger partial charge in [0, 0.05) is 47.2 Å². The molecule has 2 aromatic carbocycles. The van der Waals surface area contributed by atoms with Crippen LogP contribution in [0.1, 0.15) is 23.2 Å². The molecule has 0 atom stereocenters. The molecule has 1 fully saturated rings. The highest BCUT2D eigenvalue weighted by Gasteiger charge is 2.23. The number of hydrogen-bond donors (Lipinski definition) is 2. The monoisotopic (exact) mass is 498 g/mol. The first-order valence-corrected chi connectivity index (χ1v) is 12.8. The van der Waals surface area contributed by atoms with Crippen molar-refractivity contribution in [2.24, 2.45) is 5.92 Å². The summed E-state index contributed by atoms with van der Waals surface area (Å²) in [6.07, 6.45) is 5.45. The van der Waals surface area contributed by atoms with Gasteiger partial charge in [-0.2, -0.15) is 0 Å². The third kappa shape index (κ3) is 4.42. The molecule has 9 heteroatoms. The number of benzene rings is 2. The highest BCUT2D eigenvalue weighted by atomic mass is 32.2. The van der Waals surface area contributed by atoms with Crippen molar-refractivity contribution >= 4 is 40.3 Å². The topological polar surface area (TPSA) is 92.3 Å². The van der Waals surface area contributed by atoms with E-state index in [0.717, 1.165) is 64.4 Å². The number of nitrogens with zero attached hydrogens (tertiary/aromatic N) is 4. The summed E-state index contributed by atoms with van der Waals surface area (Å²) in [7, 11) is 1.60. The number of methoxy groups -OCH3 is 1. The van der Waals surface area contributed by atoms with Crippen molar-refractivity contribution in [3.05, 3.63) is 66.6 Å². The van der Waals surface area contributed by atoms with Gasteiger partial charge >= 0.3 is 0 Å². The first-order valence-electron chi connectivity index (χ1n) is 12.0. The van der Waals surface area contributed by atoms with Crippen molar-refractivity contribution < 1.29 is 9.53 Å². The highest BCUT2D eigenvalue weighted by molar-refractivity contribution is 8.00. The van der Waals surface area contributed by atoms with Gasteiger partial charge in [-0.3, -0.25) is 4.79 Å². The molecule has 36 heavy (non-hydrogen) atoms. The third-order valence-corrected chi connectivity index (χ3v) is 7.64. The number of rotatable bonds is 1. The summed E-state index contributed by atoms with van der Waals surface area (Å²) in [5.41, 5.74) is 4.31. The lowest BCUT2D eigenvalue weighted by Gasteiger charge is -2.33. The molecule has 0 aliphatic carbocycles. The van der Waals surface area contributed by atoms with E-state index < -0.39 is 0 Å². The van der Waals surface area contributed by atoms with Crippen LogP contribution in [0.4, 0.5) is 11.5 Å². The van der Waals surface area contributed by atoms with Gasteiger partial charge in [0.1, 0.15) is 17.8 Å². The van der Waals surface area contributed by atoms with E-state index in [-0.39, 0.29) is 5.91 Å². The number of nitrogens with one attached hydrogen (secondary N) is 2. The van der Waals surface area contributed by atoms with Crippen molar-refractivity contribution in [3.8, 4) is 17.0 Å². The van der Waals surface area contributed by atoms with Gasteiger partial charge < -0.3 is 19.7 Å². The summed E-state index contributed by atoms with van der Waals surface area (Å²) < 4.78 is 8.86. The summed E-state index contributed by atoms with van der Waals surface area (Å²) >= 11 is 1.42. The summed E-state index contributed by atoms with van der Waals surface area (Å²) in [5, 5.41) is 4.16. The van der Waals surface area contributed by atoms with Gasteiger partial charge in [-0.05, 0) is 72.7 Å². The third-order valence-electron chi connectivity index (χ3n) is 6.83. The standard InChI is InChI=1S/C27H26N6O2S/c1-35-27-24-13-20(15-29-27)18-5-6-23-22(12-18)25(31-16-30-23)33-9-7-17(8-10-33)14-28-26(34)19-3-2-4-21(11-19)36-32-24/h2-6,11-13,15-17,32H,7-10,14H2,1H3,(H,28,34). The number of ether oxygens (including phenoxy) is 1. The molecule has 2 aromatic heterocycles. The number of pyridine rings is 1. The maximum Gasteiger partial charge on any atom is 0.251 e. The molecule has 0 radical (unpaired) electrons. The lowest BCUT2D eigenvalue weighted by molar-refractivity contribution is 0.0944. The second-order valence-electron chi connectivity index (χ2n) is 9.08. The average molecular weight is 499 g/mol. The van der Waals surface area contributed by atoms with Gasteiger partial charge in [0.25, 0.3) is 5.91 Å². The molecule has 1 saturated heterocycles. The molecule has 4 aromatic rings. The molecule has 3 aliphatic heterocycles. The summed E-state index contributed by atoms with van der Waals surface area (Å²) in [5.74, 6) is 1.84. The predicted molar refractivity (Wildman–Crippen MR) is 143 cm³/mol. The molecular formula is C27H26N6O2S. The van der Waals surface area contributed by atoms with Crippen LogP contribution in [0.2, 0.25) is 0 Å². The Morgan fingerprint density at radius 3 is 2.75 bits per heavy atom. The molecular weight excluding hydrogens is 472 g/mol. The maximum absolute atomic E-state index is 12.9. The van der Waals surface area contributed by atoms with Gasteiger partial charge in [0.15, 0.2) is 0 Å². The smallest absolute Gasteiger partial charge is 0.251 e. The molecule has 8 bridgehead atoms. The Hall–Kier alpha value is -3.85. The number of amides is 1. The fraction of sp³-hybridized carbons (Fsp3) is 0.259. The zero-order valence-electron chi connectivity index (χ0n) is 19.9. The normalized spacial score (nSPS) is 16.1. The molecule has 1 amide bonds. The van der Waals surface area contributed by atoms with E-state index in [1.54, 1.807) is 13.4 Å². The summed E-state index contributed by atoms with van der Waals surface area (Å²) in [4.78, 5) is 29.8. The van der Waals surface area contributed by atoms with Gasteiger partial charge in [-0.1, -0.05) is 12.1 Å². The minimum Gasteiger partial charge on any atom is -0.480 e. The van der Waals surface area contributed by atoms with E-state index in [9.17, 15) is 4.79 Å². The van der Waals surface area contributed by atoms with Crippen LogP contribution in [-0.2, 0) is 0 Å². The van der Waals surface area contributed by atoms with Gasteiger partial charge in [0.2, 0.25) is 5.88 Å². The molecule has 3 aliphatic rings. The van der Waals surface area contributed by atoms with E-state index in [0.29, 0.717) is 23.9 Å². The summed E-state index contributed by atoms with van der Waals surface area (Å²) in [6, 6.07) is 15.9. The molecule has 0 unspecified atom stereocenters. The van der Waals surface area contributed by atoms with Crippen molar-refractivity contribution in [1.29, 1.82) is 0 Å². The zero-order valence-corrected chi connectivity index (χ0v) is 20.7. The number of carbonyl (C=O) groups is 1. The van der Waals surface area contributed by atoms with E-state index >= 15 is 0 Å². The second-order valence-corrected chi connectivity index (χ2v) is 9.96. The molecule has 2 N–H and O–H groups in total. The van der Waals surface area contributed by atoms with Gasteiger partial charge in [-0.25, -0.2) is 15.0 Å². The van der Waals surface area contributed by atoms with Crippen LogP contribution in [0.3, 0.4) is 0 Å². The van der Waals surface area contributed by atoms with E-state index in [1.165, 1.54) is 11.9 Å². The maximum atomic E-state index is 12.9. The molecule has 8 nitrogen and oxygen atoms in total. The number of hydrogen-bond acceptors (Lipinski definition) is 8. The Kier molecular flexibility index (Phi) is 6.06. The van der Waals surface area contributed by atoms with E-state index in [1.807, 2.05) is 42.6 Å². The lowest BCUT2D eigenvalue weighted by atomic mass is 9.96. The Morgan fingerprint density at radius 2 is 1.89 bits per heavy atom. The summed E-state index contributed by atoms with van der Waals surface area (Å²) in [6.45, 7) is 2.45. The number of anilines is 2. The number of piperidine rings is 1. The van der Waals surface area contributed by atoms with Crippen molar-refractivity contribution in [1.82, 2.24) is 20.3 Å². The molecule has 7 rings (SSSR count). The first-order chi connectivity index (χ1) is 17.7. The van der Waals surface area contributed by atoms with Crippen LogP contribution in [0, 0.1) is 5.92 Å². The Balaban J connectivity index is 1.44. The Labute approximate surface area is 213 Å². The second kappa shape index (κ2) is 9.66. The van der Waals surface area contributed by atoms with Crippen molar-refractivity contribution in [2.45, 2.75) is 17.7 Å². The molecule has 0 saturated carbocycles. The molecule has 0 spiro atoms. The van der Waals surface area contributed by atoms with Crippen LogP contribution in [0.25, 0.3) is 22.0 Å². The number of fused-ring (bicyclic) bond motifs is 5. The van der Waals surface area contributed by atoms with Crippen molar-refractivity contribution in [3.63, 3.8) is 0 Å². The number of aromatic nitrogens is 3. The quantitative estimate of drug-likeness (QED) is 0.362. The fourth-order valence-corrected chi connectivity index (χ4v) is 5.53. The van der Waals surface area contributed by atoms with E-state index in [2.05, 4.69) is 42.0 Å². The van der Waals surface area contributed by atoms with Crippen LogP contribution in [0.15, 0.2) is 66.0 Å². The highest BCUT2D eigenvalue weighted by Crippen LogP contribution is 2.35. The van der Waals surface area contributed by atoms with Gasteiger partial charge in [-0.15, -0.1) is 0 Å². The Morgan fingerprint density at radius 1 is 1.00 bits per heavy atom. The minimum absolute atomic E-state index is 0.0485. The molecule has 5 heterocycles.